The molecule has 0 bridgehead atoms. The van der Waals surface area contributed by atoms with Crippen molar-refractivity contribution >= 4 is 0 Å². The first-order valence-corrected chi connectivity index (χ1v) is 5.11. The van der Waals surface area contributed by atoms with E-state index in [-0.39, 0.29) is 5.69 Å². The molecule has 0 saturated heterocycles. The summed E-state index contributed by atoms with van der Waals surface area (Å²) in [6.45, 7) is 1.83. The number of aromatic nitrogens is 1. The first-order valence-electron chi connectivity index (χ1n) is 5.11. The highest BCUT2D eigenvalue weighted by Gasteiger charge is 2.36. The number of hydrogen-bond donors (Lipinski definition) is 0. The lowest BCUT2D eigenvalue weighted by atomic mass is 10.1. The third-order valence-corrected chi connectivity index (χ3v) is 2.42. The van der Waals surface area contributed by atoms with Gasteiger partial charge in [0.15, 0.2) is 0 Å². The summed E-state index contributed by atoms with van der Waals surface area (Å²) < 4.78 is 46.6. The van der Waals surface area contributed by atoms with Crippen molar-refractivity contribution in [2.45, 2.75) is 13.1 Å². The molecular formula is C12H10F3NO2. The molecule has 18 heavy (non-hydrogen) atoms. The highest BCUT2D eigenvalue weighted by molar-refractivity contribution is 5.68. The number of halogens is 3. The smallest absolute Gasteiger partial charge is 0.452 e. The van der Waals surface area contributed by atoms with E-state index in [2.05, 4.69) is 9.68 Å². The van der Waals surface area contributed by atoms with Crippen molar-refractivity contribution in [1.29, 1.82) is 0 Å². The largest absolute Gasteiger partial charge is 0.496 e. The van der Waals surface area contributed by atoms with Crippen LogP contribution in [0.15, 0.2) is 28.8 Å². The third-order valence-electron chi connectivity index (χ3n) is 2.42. The average Bonchev–Trinajstić information content (AvgIpc) is 2.77. The third kappa shape index (κ3) is 2.32. The Morgan fingerprint density at radius 3 is 2.50 bits per heavy atom. The lowest BCUT2D eigenvalue weighted by Crippen LogP contribution is -2.02. The van der Waals surface area contributed by atoms with Gasteiger partial charge in [-0.1, -0.05) is 16.8 Å². The second-order valence-electron chi connectivity index (χ2n) is 3.78. The molecule has 0 saturated carbocycles. The van der Waals surface area contributed by atoms with Crippen molar-refractivity contribution in [2.75, 3.05) is 7.11 Å². The van der Waals surface area contributed by atoms with Crippen LogP contribution in [0.5, 0.6) is 5.75 Å². The molecule has 0 radical (unpaired) electrons. The van der Waals surface area contributed by atoms with Gasteiger partial charge in [0.2, 0.25) is 5.76 Å². The molecule has 1 aromatic heterocycles. The predicted octanol–water partition coefficient (Wildman–Crippen LogP) is 3.68. The zero-order valence-electron chi connectivity index (χ0n) is 9.71. The fraction of sp³-hybridized carbons (Fsp3) is 0.250. The van der Waals surface area contributed by atoms with Crippen LogP contribution >= 0.6 is 0 Å². The van der Waals surface area contributed by atoms with Gasteiger partial charge in [-0.15, -0.1) is 0 Å². The maximum atomic E-state index is 12.4. The Morgan fingerprint density at radius 1 is 1.22 bits per heavy atom. The van der Waals surface area contributed by atoms with Gasteiger partial charge in [-0.25, -0.2) is 0 Å². The molecule has 1 aromatic carbocycles. The molecule has 3 nitrogen and oxygen atoms in total. The minimum atomic E-state index is -4.54. The maximum absolute atomic E-state index is 12.4. The van der Waals surface area contributed by atoms with Crippen molar-refractivity contribution < 1.29 is 22.4 Å². The molecular weight excluding hydrogens is 247 g/mol. The number of nitrogens with zero attached hydrogens (tertiary/aromatic N) is 1. The van der Waals surface area contributed by atoms with Gasteiger partial charge < -0.3 is 9.26 Å². The SMILES string of the molecule is COc1ccc(C)cc1-c1cc(C(F)(F)F)on1. The van der Waals surface area contributed by atoms with Crippen LogP contribution in [-0.2, 0) is 6.18 Å². The van der Waals surface area contributed by atoms with Gasteiger partial charge in [-0.2, -0.15) is 13.2 Å². The summed E-state index contributed by atoms with van der Waals surface area (Å²) in [7, 11) is 1.44. The first kappa shape index (κ1) is 12.5. The van der Waals surface area contributed by atoms with Gasteiger partial charge in [-0.05, 0) is 19.1 Å². The molecule has 0 atom stereocenters. The van der Waals surface area contributed by atoms with Crippen LogP contribution in [0.4, 0.5) is 13.2 Å². The standard InChI is InChI=1S/C12H10F3NO2/c1-7-3-4-10(17-2)8(5-7)9-6-11(18-16-9)12(13,14)15/h3-6H,1-2H3. The zero-order valence-corrected chi connectivity index (χ0v) is 9.71. The Labute approximate surface area is 101 Å². The van der Waals surface area contributed by atoms with Crippen LogP contribution < -0.4 is 4.74 Å². The number of hydrogen-bond acceptors (Lipinski definition) is 3. The van der Waals surface area contributed by atoms with E-state index in [1.165, 1.54) is 7.11 Å². The molecule has 0 N–H and O–H groups in total. The zero-order chi connectivity index (χ0) is 13.3. The second kappa shape index (κ2) is 4.36. The van der Waals surface area contributed by atoms with E-state index in [4.69, 9.17) is 4.74 Å². The number of benzene rings is 1. The fourth-order valence-corrected chi connectivity index (χ4v) is 1.56. The van der Waals surface area contributed by atoms with Crippen molar-refractivity contribution in [1.82, 2.24) is 5.16 Å². The van der Waals surface area contributed by atoms with Gasteiger partial charge >= 0.3 is 6.18 Å². The monoisotopic (exact) mass is 257 g/mol. The van der Waals surface area contributed by atoms with Crippen molar-refractivity contribution in [3.8, 4) is 17.0 Å². The molecule has 2 aromatic rings. The van der Waals surface area contributed by atoms with Crippen LogP contribution in [0, 0.1) is 6.92 Å². The molecule has 0 aliphatic rings. The number of aryl methyl sites for hydroxylation is 1. The molecule has 0 amide bonds. The van der Waals surface area contributed by atoms with E-state index in [0.29, 0.717) is 11.3 Å². The first-order chi connectivity index (χ1) is 8.41. The maximum Gasteiger partial charge on any atom is 0.452 e. The number of methoxy groups -OCH3 is 1. The number of alkyl halides is 3. The van der Waals surface area contributed by atoms with Crippen LogP contribution in [0.3, 0.4) is 0 Å². The van der Waals surface area contributed by atoms with E-state index in [1.54, 1.807) is 18.2 Å². The average molecular weight is 257 g/mol. The highest BCUT2D eigenvalue weighted by Crippen LogP contribution is 2.35. The predicted molar refractivity (Wildman–Crippen MR) is 58.2 cm³/mol. The molecule has 2 rings (SSSR count). The minimum absolute atomic E-state index is 0.0999. The highest BCUT2D eigenvalue weighted by atomic mass is 19.4. The van der Waals surface area contributed by atoms with E-state index in [9.17, 15) is 13.2 Å². The van der Waals surface area contributed by atoms with Gasteiger partial charge in [0.25, 0.3) is 0 Å². The quantitative estimate of drug-likeness (QED) is 0.823. The topological polar surface area (TPSA) is 35.3 Å². The Bertz CT molecular complexity index is 561. The van der Waals surface area contributed by atoms with Crippen LogP contribution in [0.1, 0.15) is 11.3 Å². The Morgan fingerprint density at radius 2 is 1.94 bits per heavy atom. The molecule has 0 aliphatic carbocycles. The summed E-state index contributed by atoms with van der Waals surface area (Å²) in [6, 6.07) is 6.02. The summed E-state index contributed by atoms with van der Waals surface area (Å²) in [5.41, 5.74) is 1.46. The lowest BCUT2D eigenvalue weighted by molar-refractivity contribution is -0.155. The van der Waals surface area contributed by atoms with Gasteiger partial charge in [0.1, 0.15) is 11.4 Å². The summed E-state index contributed by atoms with van der Waals surface area (Å²) in [4.78, 5) is 0. The molecule has 6 heteroatoms. The fourth-order valence-electron chi connectivity index (χ4n) is 1.56. The molecule has 96 valence electrons. The summed E-state index contributed by atoms with van der Waals surface area (Å²) >= 11 is 0. The molecule has 0 spiro atoms. The minimum Gasteiger partial charge on any atom is -0.496 e. The van der Waals surface area contributed by atoms with Gasteiger partial charge in [-0.3, -0.25) is 0 Å². The Kier molecular flexibility index (Phi) is 3.02. The Hall–Kier alpha value is -1.98. The van der Waals surface area contributed by atoms with Crippen LogP contribution in [0.25, 0.3) is 11.3 Å². The number of ether oxygens (including phenoxy) is 1. The van der Waals surface area contributed by atoms with Gasteiger partial charge in [0.05, 0.1) is 7.11 Å². The Balaban J connectivity index is 2.49. The normalized spacial score (nSPS) is 11.6. The lowest BCUT2D eigenvalue weighted by Gasteiger charge is -2.06. The molecule has 0 unspecified atom stereocenters. The molecule has 0 fully saturated rings. The van der Waals surface area contributed by atoms with Crippen molar-refractivity contribution in [2.24, 2.45) is 0 Å². The van der Waals surface area contributed by atoms with E-state index < -0.39 is 11.9 Å². The summed E-state index contributed by atoms with van der Waals surface area (Å²) in [5.74, 6) is -0.677. The molecule has 0 aliphatic heterocycles. The van der Waals surface area contributed by atoms with Crippen LogP contribution in [-0.4, -0.2) is 12.3 Å². The summed E-state index contributed by atoms with van der Waals surface area (Å²) in [5, 5.41) is 3.43. The van der Waals surface area contributed by atoms with E-state index in [0.717, 1.165) is 11.6 Å². The van der Waals surface area contributed by atoms with Gasteiger partial charge in [0, 0.05) is 11.6 Å². The van der Waals surface area contributed by atoms with Crippen molar-refractivity contribution in [3.05, 3.63) is 35.6 Å². The van der Waals surface area contributed by atoms with E-state index >= 15 is 0 Å². The van der Waals surface area contributed by atoms with E-state index in [1.807, 2.05) is 6.92 Å². The number of rotatable bonds is 2. The summed E-state index contributed by atoms with van der Waals surface area (Å²) in [6.07, 6.45) is -4.54. The molecule has 1 heterocycles. The van der Waals surface area contributed by atoms with Crippen molar-refractivity contribution in [3.63, 3.8) is 0 Å². The second-order valence-corrected chi connectivity index (χ2v) is 3.78. The van der Waals surface area contributed by atoms with Crippen LogP contribution in [0.2, 0.25) is 0 Å².